The van der Waals surface area contributed by atoms with Crippen LogP contribution in [-0.4, -0.2) is 61.5 Å². The van der Waals surface area contributed by atoms with E-state index in [9.17, 15) is 14.4 Å². The van der Waals surface area contributed by atoms with Gasteiger partial charge in [0.25, 0.3) is 11.8 Å². The zero-order chi connectivity index (χ0) is 25.7. The molecule has 1 aromatic rings. The van der Waals surface area contributed by atoms with Crippen LogP contribution in [0.25, 0.3) is 0 Å². The van der Waals surface area contributed by atoms with E-state index < -0.39 is 18.6 Å². The van der Waals surface area contributed by atoms with E-state index in [1.54, 1.807) is 0 Å². The van der Waals surface area contributed by atoms with Gasteiger partial charge in [-0.3, -0.25) is 9.59 Å². The Balaban J connectivity index is 2.14. The number of amides is 2. The number of hydrogen-bond donors (Lipinski definition) is 3. The first-order valence-corrected chi connectivity index (χ1v) is 12.5. The van der Waals surface area contributed by atoms with Crippen molar-refractivity contribution in [3.8, 4) is 11.6 Å². The lowest BCUT2D eigenvalue weighted by Gasteiger charge is -2.10. The van der Waals surface area contributed by atoms with Crippen LogP contribution < -0.4 is 20.1 Å². The lowest BCUT2D eigenvalue weighted by molar-refractivity contribution is -0.135. The van der Waals surface area contributed by atoms with Gasteiger partial charge in [-0.25, -0.2) is 9.78 Å². The molecule has 0 bridgehead atoms. The average molecular weight is 496 g/mol. The zero-order valence-electron chi connectivity index (χ0n) is 21.1. The minimum Gasteiger partial charge on any atom is -0.491 e. The Hall–Kier alpha value is -2.88. The molecule has 0 aliphatic carbocycles. The molecule has 0 aliphatic heterocycles. The van der Waals surface area contributed by atoms with Gasteiger partial charge in [0.15, 0.2) is 5.75 Å². The summed E-state index contributed by atoms with van der Waals surface area (Å²) >= 11 is 0. The second-order valence-corrected chi connectivity index (χ2v) is 8.27. The largest absolute Gasteiger partial charge is 0.491 e. The summed E-state index contributed by atoms with van der Waals surface area (Å²) in [4.78, 5) is 38.3. The first kappa shape index (κ1) is 30.2. The van der Waals surface area contributed by atoms with E-state index in [4.69, 9.17) is 19.3 Å². The number of carboxylic acid groups (broad SMARTS) is 1. The number of hydrogen-bond acceptors (Lipinski definition) is 7. The average Bonchev–Trinajstić information content (AvgIpc) is 2.85. The highest BCUT2D eigenvalue weighted by Crippen LogP contribution is 2.25. The molecule has 0 unspecified atom stereocenters. The van der Waals surface area contributed by atoms with Crippen molar-refractivity contribution in [1.29, 1.82) is 0 Å². The number of carbonyl (C=O) groups is 3. The predicted molar refractivity (Wildman–Crippen MR) is 132 cm³/mol. The molecule has 3 N–H and O–H groups in total. The number of aromatic nitrogens is 1. The van der Waals surface area contributed by atoms with Gasteiger partial charge < -0.3 is 30.0 Å². The number of unbranched alkanes of at least 4 members (excludes halogenated alkanes) is 9. The maximum Gasteiger partial charge on any atom is 0.414 e. The molecule has 0 aromatic carbocycles. The first-order chi connectivity index (χ1) is 17.0. The van der Waals surface area contributed by atoms with Gasteiger partial charge in [-0.05, 0) is 12.8 Å². The number of nitrogens with one attached hydrogen (secondary N) is 2. The Kier molecular flexibility index (Phi) is 16.7. The zero-order valence-corrected chi connectivity index (χ0v) is 21.1. The van der Waals surface area contributed by atoms with E-state index in [0.29, 0.717) is 19.6 Å². The molecule has 1 rings (SSSR count). The van der Waals surface area contributed by atoms with E-state index in [1.807, 2.05) is 5.32 Å². The molecule has 35 heavy (non-hydrogen) atoms. The third-order valence-corrected chi connectivity index (χ3v) is 5.27. The molecule has 0 saturated carbocycles. The van der Waals surface area contributed by atoms with Crippen LogP contribution in [0.1, 0.15) is 87.9 Å². The fraction of sp³-hybridized carbons (Fsp3) is 0.680. The maximum atomic E-state index is 12.3. The molecule has 0 spiro atoms. The van der Waals surface area contributed by atoms with Crippen LogP contribution in [0.4, 0.5) is 4.79 Å². The predicted octanol–water partition coefficient (Wildman–Crippen LogP) is 4.32. The summed E-state index contributed by atoms with van der Waals surface area (Å²) in [5, 5.41) is 13.4. The van der Waals surface area contributed by atoms with E-state index in [-0.39, 0.29) is 23.1 Å². The van der Waals surface area contributed by atoms with Gasteiger partial charge in [0.1, 0.15) is 6.54 Å². The molecule has 1 aromatic heterocycles. The van der Waals surface area contributed by atoms with Crippen LogP contribution in [0.5, 0.6) is 11.6 Å². The monoisotopic (exact) mass is 495 g/mol. The van der Waals surface area contributed by atoms with Crippen molar-refractivity contribution in [2.75, 3.05) is 33.4 Å². The van der Waals surface area contributed by atoms with Crippen molar-refractivity contribution in [1.82, 2.24) is 15.6 Å². The summed E-state index contributed by atoms with van der Waals surface area (Å²) in [6, 6.07) is 1.39. The number of pyridine rings is 1. The van der Waals surface area contributed by atoms with Gasteiger partial charge in [0.05, 0.1) is 12.7 Å². The fourth-order valence-corrected chi connectivity index (χ4v) is 3.32. The Morgan fingerprint density at radius 3 is 2.17 bits per heavy atom. The third kappa shape index (κ3) is 14.9. The van der Waals surface area contributed by atoms with Gasteiger partial charge >= 0.3 is 12.1 Å². The molecule has 2 amide bonds. The minimum atomic E-state index is -1.21. The van der Waals surface area contributed by atoms with Crippen molar-refractivity contribution in [3.63, 3.8) is 0 Å². The van der Waals surface area contributed by atoms with Crippen molar-refractivity contribution in [2.45, 2.75) is 77.6 Å². The Bertz CT molecular complexity index is 759. The van der Waals surface area contributed by atoms with E-state index >= 15 is 0 Å². The fourth-order valence-electron chi connectivity index (χ4n) is 3.32. The van der Waals surface area contributed by atoms with Crippen molar-refractivity contribution in [2.24, 2.45) is 0 Å². The third-order valence-electron chi connectivity index (χ3n) is 5.27. The summed E-state index contributed by atoms with van der Waals surface area (Å²) in [6.07, 6.45) is 13.9. The number of nitrogens with zero attached hydrogens (tertiary/aromatic N) is 1. The summed E-state index contributed by atoms with van der Waals surface area (Å²) in [7, 11) is 1.34. The lowest BCUT2D eigenvalue weighted by Crippen LogP contribution is -2.32. The van der Waals surface area contributed by atoms with Crippen LogP contribution in [0, 0.1) is 0 Å². The van der Waals surface area contributed by atoms with E-state index in [1.165, 1.54) is 77.2 Å². The van der Waals surface area contributed by atoms with E-state index in [0.717, 1.165) is 13.0 Å². The summed E-state index contributed by atoms with van der Waals surface area (Å²) in [5.41, 5.74) is 0.242. The number of methoxy groups -OCH3 is 1. The lowest BCUT2D eigenvalue weighted by atomic mass is 10.1. The standard InChI is InChI=1S/C25H41N3O7/c1-3-4-5-6-7-8-9-10-11-12-15-34-16-13-14-26-23(31)20-17-21(33-2)24(27-18-20)35-25(32)28-19-22(29)30/h17-18H,3-16,19H2,1-2H3,(H,26,31)(H,28,32)(H,29,30). The van der Waals surface area contributed by atoms with Crippen LogP contribution in [0.2, 0.25) is 0 Å². The maximum absolute atomic E-state index is 12.3. The minimum absolute atomic E-state index is 0.0722. The van der Waals surface area contributed by atoms with Gasteiger partial charge in [0.2, 0.25) is 0 Å². The van der Waals surface area contributed by atoms with Crippen LogP contribution in [0.15, 0.2) is 12.3 Å². The molecule has 0 saturated heterocycles. The number of aliphatic carboxylic acids is 1. The normalized spacial score (nSPS) is 10.6. The van der Waals surface area contributed by atoms with Crippen LogP contribution in [0.3, 0.4) is 0 Å². The van der Waals surface area contributed by atoms with Crippen molar-refractivity contribution in [3.05, 3.63) is 17.8 Å². The summed E-state index contributed by atoms with van der Waals surface area (Å²) in [6.45, 7) is 3.43. The van der Waals surface area contributed by atoms with Crippen LogP contribution in [-0.2, 0) is 9.53 Å². The van der Waals surface area contributed by atoms with Gasteiger partial charge in [0, 0.05) is 32.0 Å². The second kappa shape index (κ2) is 19.4. The SMILES string of the molecule is CCCCCCCCCCCCOCCCNC(=O)c1cnc(OC(=O)NCC(=O)O)c(OC)c1. The van der Waals surface area contributed by atoms with Crippen molar-refractivity contribution >= 4 is 18.0 Å². The van der Waals surface area contributed by atoms with Crippen molar-refractivity contribution < 1.29 is 33.7 Å². The molecule has 1 heterocycles. The highest BCUT2D eigenvalue weighted by atomic mass is 16.6. The number of ether oxygens (including phenoxy) is 3. The Morgan fingerprint density at radius 2 is 1.54 bits per heavy atom. The molecular formula is C25H41N3O7. The Morgan fingerprint density at radius 1 is 0.914 bits per heavy atom. The van der Waals surface area contributed by atoms with Gasteiger partial charge in [-0.2, -0.15) is 0 Å². The highest BCUT2D eigenvalue weighted by molar-refractivity contribution is 5.94. The number of carboxylic acids is 1. The quantitative estimate of drug-likeness (QED) is 0.228. The molecule has 0 aliphatic rings. The molecule has 0 fully saturated rings. The van der Waals surface area contributed by atoms with Crippen LogP contribution >= 0.6 is 0 Å². The molecule has 198 valence electrons. The Labute approximate surface area is 208 Å². The smallest absolute Gasteiger partial charge is 0.414 e. The topological polar surface area (TPSA) is 136 Å². The molecule has 10 nitrogen and oxygen atoms in total. The highest BCUT2D eigenvalue weighted by Gasteiger charge is 2.15. The van der Waals surface area contributed by atoms with Gasteiger partial charge in [-0.1, -0.05) is 64.7 Å². The molecule has 0 radical (unpaired) electrons. The first-order valence-electron chi connectivity index (χ1n) is 12.5. The molecule has 0 atom stereocenters. The molecular weight excluding hydrogens is 454 g/mol. The second-order valence-electron chi connectivity index (χ2n) is 8.27. The summed E-state index contributed by atoms with van der Waals surface area (Å²) < 4.78 is 15.7. The number of carbonyl (C=O) groups excluding carboxylic acids is 2. The summed E-state index contributed by atoms with van der Waals surface area (Å²) in [5.74, 6) is -1.65. The molecule has 10 heteroatoms. The van der Waals surface area contributed by atoms with E-state index in [2.05, 4.69) is 17.2 Å². The van der Waals surface area contributed by atoms with Gasteiger partial charge in [-0.15, -0.1) is 0 Å². The number of rotatable bonds is 20.